The highest BCUT2D eigenvalue weighted by molar-refractivity contribution is 5.88. The van der Waals surface area contributed by atoms with Gasteiger partial charge in [0.1, 0.15) is 0 Å². The van der Waals surface area contributed by atoms with Crippen molar-refractivity contribution in [3.8, 4) is 11.3 Å². The van der Waals surface area contributed by atoms with Crippen LogP contribution < -0.4 is 0 Å². The Balaban J connectivity index is 2.40. The van der Waals surface area contributed by atoms with Gasteiger partial charge in [-0.1, -0.05) is 6.57 Å². The zero-order valence-corrected chi connectivity index (χ0v) is 8.66. The molecule has 0 radical (unpaired) electrons. The molecule has 0 unspecified atom stereocenters. The fraction of sp³-hybridized carbons (Fsp3) is 0. The zero-order chi connectivity index (χ0) is 12.3. The standard InChI is InChI=1S/C12H7N3O2/c1-13-11-7-14-6-10(15-11)8-2-4-9(5-3-8)12(16)17/h2-7H,(H,16,17). The Morgan fingerprint density at radius 3 is 2.53 bits per heavy atom. The van der Waals surface area contributed by atoms with Crippen LogP contribution in [0.1, 0.15) is 10.4 Å². The van der Waals surface area contributed by atoms with Gasteiger partial charge in [0.2, 0.25) is 0 Å². The summed E-state index contributed by atoms with van der Waals surface area (Å²) in [5, 5.41) is 8.76. The van der Waals surface area contributed by atoms with Crippen molar-refractivity contribution in [3.63, 3.8) is 0 Å². The van der Waals surface area contributed by atoms with Crippen LogP contribution in [-0.2, 0) is 0 Å². The van der Waals surface area contributed by atoms with Gasteiger partial charge in [0.15, 0.2) is 5.69 Å². The van der Waals surface area contributed by atoms with Gasteiger partial charge < -0.3 is 9.95 Å². The number of hydrogen-bond donors (Lipinski definition) is 1. The van der Waals surface area contributed by atoms with E-state index in [4.69, 9.17) is 11.7 Å². The number of benzene rings is 1. The Bertz CT molecular complexity index is 600. The molecule has 1 heterocycles. The van der Waals surface area contributed by atoms with Crippen LogP contribution in [-0.4, -0.2) is 21.0 Å². The first-order valence-electron chi connectivity index (χ1n) is 4.74. The minimum Gasteiger partial charge on any atom is -0.478 e. The molecule has 0 saturated heterocycles. The largest absolute Gasteiger partial charge is 0.478 e. The van der Waals surface area contributed by atoms with Gasteiger partial charge in [-0.2, -0.15) is 0 Å². The van der Waals surface area contributed by atoms with E-state index in [1.165, 1.54) is 24.5 Å². The van der Waals surface area contributed by atoms with Crippen LogP contribution in [0.15, 0.2) is 36.7 Å². The van der Waals surface area contributed by atoms with Gasteiger partial charge in [0.25, 0.3) is 5.82 Å². The summed E-state index contributed by atoms with van der Waals surface area (Å²) in [6.45, 7) is 6.84. The van der Waals surface area contributed by atoms with E-state index in [0.29, 0.717) is 5.69 Å². The van der Waals surface area contributed by atoms with E-state index in [1.807, 2.05) is 0 Å². The van der Waals surface area contributed by atoms with Crippen molar-refractivity contribution in [2.45, 2.75) is 0 Å². The molecule has 0 spiro atoms. The van der Waals surface area contributed by atoms with Gasteiger partial charge in [-0.15, -0.1) is 4.98 Å². The maximum Gasteiger partial charge on any atom is 0.335 e. The minimum atomic E-state index is -0.974. The number of hydrogen-bond acceptors (Lipinski definition) is 3. The Morgan fingerprint density at radius 2 is 1.94 bits per heavy atom. The molecular formula is C12H7N3O2. The predicted octanol–water partition coefficient (Wildman–Crippen LogP) is 2.39. The topological polar surface area (TPSA) is 67.4 Å². The highest BCUT2D eigenvalue weighted by atomic mass is 16.4. The number of aromatic nitrogens is 2. The number of carboxylic acid groups (broad SMARTS) is 1. The third-order valence-corrected chi connectivity index (χ3v) is 2.16. The quantitative estimate of drug-likeness (QED) is 0.797. The van der Waals surface area contributed by atoms with Gasteiger partial charge in [-0.05, 0) is 24.3 Å². The third-order valence-electron chi connectivity index (χ3n) is 2.16. The Morgan fingerprint density at radius 1 is 1.24 bits per heavy atom. The molecule has 1 aromatic heterocycles. The third kappa shape index (κ3) is 2.26. The molecule has 1 aromatic carbocycles. The molecule has 0 fully saturated rings. The Labute approximate surface area is 97.2 Å². The maximum atomic E-state index is 10.7. The lowest BCUT2D eigenvalue weighted by Crippen LogP contribution is -1.95. The summed E-state index contributed by atoms with van der Waals surface area (Å²) in [6.07, 6.45) is 2.91. The molecule has 0 aliphatic carbocycles. The minimum absolute atomic E-state index is 0.211. The average molecular weight is 225 g/mol. The van der Waals surface area contributed by atoms with Crippen molar-refractivity contribution in [2.75, 3.05) is 0 Å². The first kappa shape index (κ1) is 10.8. The van der Waals surface area contributed by atoms with Gasteiger partial charge in [-0.3, -0.25) is 4.98 Å². The van der Waals surface area contributed by atoms with Crippen molar-refractivity contribution >= 4 is 11.8 Å². The van der Waals surface area contributed by atoms with Crippen LogP contribution >= 0.6 is 0 Å². The van der Waals surface area contributed by atoms with Crippen molar-refractivity contribution < 1.29 is 9.90 Å². The van der Waals surface area contributed by atoms with E-state index >= 15 is 0 Å². The summed E-state index contributed by atoms with van der Waals surface area (Å²) >= 11 is 0. The van der Waals surface area contributed by atoms with Gasteiger partial charge >= 0.3 is 5.97 Å². The fourth-order valence-corrected chi connectivity index (χ4v) is 1.33. The van der Waals surface area contributed by atoms with E-state index in [1.54, 1.807) is 12.1 Å². The molecule has 17 heavy (non-hydrogen) atoms. The molecule has 5 heteroatoms. The van der Waals surface area contributed by atoms with E-state index in [2.05, 4.69) is 14.8 Å². The second-order valence-electron chi connectivity index (χ2n) is 3.26. The molecule has 0 bridgehead atoms. The maximum absolute atomic E-state index is 10.7. The molecule has 1 N–H and O–H groups in total. The molecule has 2 aromatic rings. The number of nitrogens with zero attached hydrogens (tertiary/aromatic N) is 3. The highest BCUT2D eigenvalue weighted by Crippen LogP contribution is 2.19. The SMILES string of the molecule is [C-]#[N+]c1cncc(-c2ccc(C(=O)O)cc2)n1. The first-order chi connectivity index (χ1) is 8.20. The van der Waals surface area contributed by atoms with Crippen molar-refractivity contribution in [2.24, 2.45) is 0 Å². The number of rotatable bonds is 2. The summed E-state index contributed by atoms with van der Waals surface area (Å²) in [6, 6.07) is 6.26. The van der Waals surface area contributed by atoms with Crippen LogP contribution in [0.4, 0.5) is 5.82 Å². The molecule has 0 atom stereocenters. The summed E-state index contributed by atoms with van der Waals surface area (Å²) in [7, 11) is 0. The van der Waals surface area contributed by atoms with Gasteiger partial charge in [-0.25, -0.2) is 4.79 Å². The lowest BCUT2D eigenvalue weighted by molar-refractivity contribution is 0.0697. The van der Waals surface area contributed by atoms with Crippen LogP contribution in [0.25, 0.3) is 16.1 Å². The van der Waals surface area contributed by atoms with Crippen LogP contribution in [0, 0.1) is 6.57 Å². The zero-order valence-electron chi connectivity index (χ0n) is 8.66. The lowest BCUT2D eigenvalue weighted by Gasteiger charge is -1.98. The molecular weight excluding hydrogens is 218 g/mol. The predicted molar refractivity (Wildman–Crippen MR) is 60.7 cm³/mol. The average Bonchev–Trinajstić information content (AvgIpc) is 2.39. The van der Waals surface area contributed by atoms with Crippen molar-refractivity contribution in [1.29, 1.82) is 0 Å². The van der Waals surface area contributed by atoms with E-state index in [-0.39, 0.29) is 11.4 Å². The summed E-state index contributed by atoms with van der Waals surface area (Å²) in [4.78, 5) is 21.8. The summed E-state index contributed by atoms with van der Waals surface area (Å²) < 4.78 is 0. The number of carbonyl (C=O) groups is 1. The Hall–Kier alpha value is -2.74. The number of aromatic carboxylic acids is 1. The first-order valence-corrected chi connectivity index (χ1v) is 4.74. The molecule has 2 rings (SSSR count). The van der Waals surface area contributed by atoms with Gasteiger partial charge in [0.05, 0.1) is 18.0 Å². The van der Waals surface area contributed by atoms with Crippen molar-refractivity contribution in [1.82, 2.24) is 9.97 Å². The van der Waals surface area contributed by atoms with Crippen molar-refractivity contribution in [3.05, 3.63) is 53.6 Å². The van der Waals surface area contributed by atoms with E-state index in [0.717, 1.165) is 5.56 Å². The molecule has 82 valence electrons. The van der Waals surface area contributed by atoms with E-state index < -0.39 is 5.97 Å². The van der Waals surface area contributed by atoms with Crippen LogP contribution in [0.5, 0.6) is 0 Å². The highest BCUT2D eigenvalue weighted by Gasteiger charge is 2.07. The number of carboxylic acids is 1. The second-order valence-corrected chi connectivity index (χ2v) is 3.26. The van der Waals surface area contributed by atoms with Gasteiger partial charge in [0, 0.05) is 5.56 Å². The molecule has 0 aliphatic heterocycles. The molecule has 0 saturated carbocycles. The lowest BCUT2D eigenvalue weighted by atomic mass is 10.1. The molecule has 0 aliphatic rings. The van der Waals surface area contributed by atoms with Crippen LogP contribution in [0.3, 0.4) is 0 Å². The Kier molecular flexibility index (Phi) is 2.79. The smallest absolute Gasteiger partial charge is 0.335 e. The summed E-state index contributed by atoms with van der Waals surface area (Å²) in [5.74, 6) is -0.762. The monoisotopic (exact) mass is 225 g/mol. The normalized spacial score (nSPS) is 9.59. The molecule has 0 amide bonds. The van der Waals surface area contributed by atoms with E-state index in [9.17, 15) is 4.79 Å². The fourth-order valence-electron chi connectivity index (χ4n) is 1.33. The van der Waals surface area contributed by atoms with Crippen LogP contribution in [0.2, 0.25) is 0 Å². The second kappa shape index (κ2) is 4.41. The summed E-state index contributed by atoms with van der Waals surface area (Å²) in [5.41, 5.74) is 1.49. The molecule has 5 nitrogen and oxygen atoms in total.